The number of likely N-dealkylation sites (tertiary alicyclic amines) is 1. The van der Waals surface area contributed by atoms with Crippen LogP contribution in [0, 0.1) is 0 Å². The molecule has 0 aromatic heterocycles. The highest BCUT2D eigenvalue weighted by atomic mass is 19.4. The number of amides is 2. The van der Waals surface area contributed by atoms with Crippen LogP contribution in [0.1, 0.15) is 17.5 Å². The molecule has 2 amide bonds. The number of imide groups is 1. The van der Waals surface area contributed by atoms with Crippen LogP contribution in [0.2, 0.25) is 0 Å². The Kier molecular flexibility index (Phi) is 6.17. The first kappa shape index (κ1) is 24.5. The van der Waals surface area contributed by atoms with E-state index >= 15 is 0 Å². The molecule has 3 heterocycles. The van der Waals surface area contributed by atoms with Crippen LogP contribution in [0.15, 0.2) is 48.5 Å². The fraction of sp³-hybridized carbons (Fsp3) is 0.440. The Bertz CT molecular complexity index is 1150. The van der Waals surface area contributed by atoms with Crippen molar-refractivity contribution in [3.63, 3.8) is 0 Å². The molecule has 8 nitrogen and oxygen atoms in total. The SMILES string of the molecule is COc1ccc(CN2C(=O)[C@@H]3C[C@@H](O)CN3C3(CN(Cc4cccc(OC(F)(F)F)c4)C3)C2=O)cc1. The Balaban J connectivity index is 1.33. The first-order valence-corrected chi connectivity index (χ1v) is 11.6. The number of aliphatic hydroxyl groups is 1. The molecular weight excluding hydrogens is 479 g/mol. The fourth-order valence-electron chi connectivity index (χ4n) is 5.46. The van der Waals surface area contributed by atoms with Gasteiger partial charge in [0, 0.05) is 26.2 Å². The van der Waals surface area contributed by atoms with Gasteiger partial charge in [0.1, 0.15) is 17.0 Å². The van der Waals surface area contributed by atoms with Gasteiger partial charge in [-0.2, -0.15) is 0 Å². The lowest BCUT2D eigenvalue weighted by Gasteiger charge is -2.58. The average Bonchev–Trinajstić information content (AvgIpc) is 3.19. The molecule has 0 aliphatic carbocycles. The van der Waals surface area contributed by atoms with E-state index in [1.807, 2.05) is 9.80 Å². The van der Waals surface area contributed by atoms with Gasteiger partial charge in [-0.25, -0.2) is 0 Å². The van der Waals surface area contributed by atoms with Crippen LogP contribution >= 0.6 is 0 Å². The molecule has 1 spiro atoms. The second-order valence-electron chi connectivity index (χ2n) is 9.51. The van der Waals surface area contributed by atoms with Crippen molar-refractivity contribution >= 4 is 11.8 Å². The molecule has 5 rings (SSSR count). The maximum absolute atomic E-state index is 13.7. The molecular formula is C25H26F3N3O5. The molecule has 3 fully saturated rings. The van der Waals surface area contributed by atoms with Crippen molar-refractivity contribution in [1.29, 1.82) is 0 Å². The molecule has 192 valence electrons. The van der Waals surface area contributed by atoms with E-state index in [0.717, 1.165) is 5.56 Å². The number of aliphatic hydroxyl groups excluding tert-OH is 1. The maximum Gasteiger partial charge on any atom is 0.573 e. The van der Waals surface area contributed by atoms with Gasteiger partial charge >= 0.3 is 6.36 Å². The van der Waals surface area contributed by atoms with E-state index in [9.17, 15) is 27.9 Å². The van der Waals surface area contributed by atoms with Crippen LogP contribution in [-0.2, 0) is 22.7 Å². The minimum atomic E-state index is -4.78. The number of halogens is 3. The van der Waals surface area contributed by atoms with Gasteiger partial charge in [0.25, 0.3) is 5.91 Å². The number of piperazine rings is 1. The zero-order valence-electron chi connectivity index (χ0n) is 19.6. The highest BCUT2D eigenvalue weighted by molar-refractivity contribution is 6.06. The largest absolute Gasteiger partial charge is 0.573 e. The lowest BCUT2D eigenvalue weighted by Crippen LogP contribution is -2.81. The number of hydrogen-bond acceptors (Lipinski definition) is 7. The summed E-state index contributed by atoms with van der Waals surface area (Å²) in [6.45, 7) is 1.25. The van der Waals surface area contributed by atoms with E-state index < -0.39 is 24.0 Å². The molecule has 3 saturated heterocycles. The van der Waals surface area contributed by atoms with Gasteiger partial charge in [-0.3, -0.25) is 24.3 Å². The zero-order chi connectivity index (χ0) is 25.7. The maximum atomic E-state index is 13.7. The van der Waals surface area contributed by atoms with Crippen LogP contribution in [-0.4, -0.2) is 82.4 Å². The molecule has 11 heteroatoms. The Morgan fingerprint density at radius 2 is 1.75 bits per heavy atom. The molecule has 36 heavy (non-hydrogen) atoms. The lowest BCUT2D eigenvalue weighted by molar-refractivity contribution is -0.274. The third-order valence-electron chi connectivity index (χ3n) is 7.03. The molecule has 3 aliphatic rings. The Morgan fingerprint density at radius 1 is 1.03 bits per heavy atom. The molecule has 0 bridgehead atoms. The summed E-state index contributed by atoms with van der Waals surface area (Å²) in [6, 6.07) is 12.3. The van der Waals surface area contributed by atoms with Crippen molar-refractivity contribution < 1.29 is 37.3 Å². The van der Waals surface area contributed by atoms with Crippen LogP contribution in [0.3, 0.4) is 0 Å². The molecule has 0 radical (unpaired) electrons. The van der Waals surface area contributed by atoms with Gasteiger partial charge in [0.15, 0.2) is 0 Å². The second-order valence-corrected chi connectivity index (χ2v) is 9.51. The average molecular weight is 505 g/mol. The Hall–Kier alpha value is -3.15. The molecule has 2 aromatic carbocycles. The number of methoxy groups -OCH3 is 1. The van der Waals surface area contributed by atoms with E-state index in [4.69, 9.17) is 4.74 Å². The van der Waals surface area contributed by atoms with E-state index in [-0.39, 0.29) is 37.1 Å². The van der Waals surface area contributed by atoms with Crippen molar-refractivity contribution in [1.82, 2.24) is 14.7 Å². The van der Waals surface area contributed by atoms with Gasteiger partial charge in [0.05, 0.1) is 25.8 Å². The summed E-state index contributed by atoms with van der Waals surface area (Å²) in [5.74, 6) is -0.286. The highest BCUT2D eigenvalue weighted by Gasteiger charge is 2.64. The van der Waals surface area contributed by atoms with Crippen LogP contribution in [0.5, 0.6) is 11.5 Å². The summed E-state index contributed by atoms with van der Waals surface area (Å²) in [6.07, 6.45) is -5.24. The van der Waals surface area contributed by atoms with Gasteiger partial charge in [-0.1, -0.05) is 24.3 Å². The first-order chi connectivity index (χ1) is 17.1. The van der Waals surface area contributed by atoms with E-state index in [2.05, 4.69) is 4.74 Å². The molecule has 2 atom stereocenters. The van der Waals surface area contributed by atoms with Crippen molar-refractivity contribution in [2.45, 2.75) is 43.6 Å². The number of carbonyl (C=O) groups is 2. The number of carbonyl (C=O) groups excluding carboxylic acids is 2. The first-order valence-electron chi connectivity index (χ1n) is 11.6. The molecule has 0 unspecified atom stereocenters. The highest BCUT2D eigenvalue weighted by Crippen LogP contribution is 2.41. The summed E-state index contributed by atoms with van der Waals surface area (Å²) in [5.41, 5.74) is 0.416. The van der Waals surface area contributed by atoms with E-state index in [1.165, 1.54) is 23.1 Å². The number of β-amino-alcohol motifs (C(OH)–C–C–N with tert-alkyl or cyclic N) is 1. The normalized spacial score (nSPS) is 24.1. The quantitative estimate of drug-likeness (QED) is 0.603. The minimum Gasteiger partial charge on any atom is -0.497 e. The van der Waals surface area contributed by atoms with Gasteiger partial charge in [0.2, 0.25) is 5.91 Å². The molecule has 2 aromatic rings. The van der Waals surface area contributed by atoms with Crippen molar-refractivity contribution in [3.05, 3.63) is 59.7 Å². The number of benzene rings is 2. The number of fused-ring (bicyclic) bond motifs is 2. The van der Waals surface area contributed by atoms with Crippen LogP contribution < -0.4 is 9.47 Å². The van der Waals surface area contributed by atoms with Crippen molar-refractivity contribution in [2.75, 3.05) is 26.7 Å². The number of hydrogen-bond donors (Lipinski definition) is 1. The van der Waals surface area contributed by atoms with Gasteiger partial charge in [-0.05, 0) is 41.8 Å². The van der Waals surface area contributed by atoms with Crippen LogP contribution in [0.4, 0.5) is 13.2 Å². The Labute approximate surface area is 205 Å². The number of ether oxygens (including phenoxy) is 2. The number of nitrogens with zero attached hydrogens (tertiary/aromatic N) is 3. The van der Waals surface area contributed by atoms with Crippen molar-refractivity contribution in [3.8, 4) is 11.5 Å². The third kappa shape index (κ3) is 4.54. The summed E-state index contributed by atoms with van der Waals surface area (Å²) < 4.78 is 46.9. The molecule has 0 saturated carbocycles. The fourth-order valence-corrected chi connectivity index (χ4v) is 5.46. The predicted octanol–water partition coefficient (Wildman–Crippen LogP) is 2.15. The smallest absolute Gasteiger partial charge is 0.497 e. The van der Waals surface area contributed by atoms with Gasteiger partial charge < -0.3 is 14.6 Å². The topological polar surface area (TPSA) is 82.6 Å². The summed E-state index contributed by atoms with van der Waals surface area (Å²) in [7, 11) is 1.55. The standard InChI is InChI=1S/C25H26F3N3O5/c1-35-19-7-5-16(6-8-19)12-30-22(33)21-10-18(32)13-31(21)24(23(30)34)14-29(15-24)11-17-3-2-4-20(9-17)36-25(26,27)28/h2-9,18,21,32H,10-15H2,1H3/t18-,21+/m1/s1. The zero-order valence-corrected chi connectivity index (χ0v) is 19.6. The van der Waals surface area contributed by atoms with E-state index in [1.54, 1.807) is 37.4 Å². The van der Waals surface area contributed by atoms with E-state index in [0.29, 0.717) is 30.9 Å². The van der Waals surface area contributed by atoms with Crippen molar-refractivity contribution in [2.24, 2.45) is 0 Å². The number of alkyl halides is 3. The monoisotopic (exact) mass is 505 g/mol. The predicted molar refractivity (Wildman–Crippen MR) is 121 cm³/mol. The minimum absolute atomic E-state index is 0.112. The summed E-state index contributed by atoms with van der Waals surface area (Å²) >= 11 is 0. The summed E-state index contributed by atoms with van der Waals surface area (Å²) in [4.78, 5) is 32.0. The number of rotatable bonds is 6. The molecule has 3 aliphatic heterocycles. The summed E-state index contributed by atoms with van der Waals surface area (Å²) in [5, 5.41) is 10.3. The second kappa shape index (κ2) is 9.06. The van der Waals surface area contributed by atoms with Gasteiger partial charge in [-0.15, -0.1) is 13.2 Å². The lowest BCUT2D eigenvalue weighted by atomic mass is 9.82. The Morgan fingerprint density at radius 3 is 2.42 bits per heavy atom. The third-order valence-corrected chi connectivity index (χ3v) is 7.03. The molecule has 1 N–H and O–H groups in total. The van der Waals surface area contributed by atoms with Crippen LogP contribution in [0.25, 0.3) is 0 Å².